The molecule has 1 saturated heterocycles. The first-order valence-electron chi connectivity index (χ1n) is 8.73. The van der Waals surface area contributed by atoms with Gasteiger partial charge in [-0.05, 0) is 17.7 Å². The topological polar surface area (TPSA) is 80.3 Å². The Labute approximate surface area is 163 Å². The summed E-state index contributed by atoms with van der Waals surface area (Å²) in [5, 5.41) is 0. The third kappa shape index (κ3) is 3.58. The molecule has 0 spiro atoms. The van der Waals surface area contributed by atoms with Crippen LogP contribution in [0.1, 0.15) is 17.4 Å². The number of benzene rings is 2. The number of rotatable bonds is 6. The summed E-state index contributed by atoms with van der Waals surface area (Å²) < 4.78 is 26.8. The van der Waals surface area contributed by atoms with Crippen LogP contribution in [0.15, 0.2) is 54.6 Å². The van der Waals surface area contributed by atoms with Crippen molar-refractivity contribution < 1.29 is 33.3 Å². The van der Waals surface area contributed by atoms with Gasteiger partial charge in [-0.15, -0.1) is 0 Å². The van der Waals surface area contributed by atoms with Crippen molar-refractivity contribution in [3.8, 4) is 5.75 Å². The maximum atomic E-state index is 12.7. The van der Waals surface area contributed by atoms with E-state index in [0.717, 1.165) is 5.56 Å². The Balaban J connectivity index is 1.99. The Morgan fingerprint density at radius 3 is 2.07 bits per heavy atom. The fraction of sp³-hybridized carbons (Fsp3) is 0.333. The molecule has 2 atom stereocenters. The highest BCUT2D eigenvalue weighted by molar-refractivity contribution is 6.04. The molecule has 2 aromatic rings. The van der Waals surface area contributed by atoms with Crippen LogP contribution < -0.4 is 4.74 Å². The first kappa shape index (κ1) is 19.9. The van der Waals surface area contributed by atoms with E-state index >= 15 is 0 Å². The van der Waals surface area contributed by atoms with Gasteiger partial charge < -0.3 is 23.7 Å². The molecule has 0 saturated carbocycles. The SMILES string of the molecule is COC(=O)C1(C(=O)OC)O[C@@H](c2ccc(OC)cc2)O[C@H]1Cc1ccccc1. The zero-order chi connectivity index (χ0) is 20.1. The maximum absolute atomic E-state index is 12.7. The van der Waals surface area contributed by atoms with Crippen LogP contribution in [0.2, 0.25) is 0 Å². The van der Waals surface area contributed by atoms with Gasteiger partial charge in [0.25, 0.3) is 5.60 Å². The fourth-order valence-electron chi connectivity index (χ4n) is 3.19. The highest BCUT2D eigenvalue weighted by Gasteiger charge is 2.63. The van der Waals surface area contributed by atoms with Crippen molar-refractivity contribution in [3.05, 3.63) is 65.7 Å². The zero-order valence-corrected chi connectivity index (χ0v) is 15.9. The Morgan fingerprint density at radius 1 is 0.929 bits per heavy atom. The molecule has 3 rings (SSSR count). The predicted octanol–water partition coefficient (Wildman–Crippen LogP) is 2.44. The third-order valence-corrected chi connectivity index (χ3v) is 4.66. The summed E-state index contributed by atoms with van der Waals surface area (Å²) in [5.41, 5.74) is -0.513. The van der Waals surface area contributed by atoms with Crippen molar-refractivity contribution in [3.63, 3.8) is 0 Å². The third-order valence-electron chi connectivity index (χ3n) is 4.66. The molecule has 7 nitrogen and oxygen atoms in total. The number of esters is 2. The van der Waals surface area contributed by atoms with Crippen molar-refractivity contribution in [2.45, 2.75) is 24.4 Å². The predicted molar refractivity (Wildman–Crippen MR) is 98.6 cm³/mol. The van der Waals surface area contributed by atoms with Crippen molar-refractivity contribution in [2.75, 3.05) is 21.3 Å². The molecular weight excluding hydrogens is 364 g/mol. The minimum atomic E-state index is -2.02. The number of carbonyl (C=O) groups excluding carboxylic acids is 2. The average molecular weight is 386 g/mol. The Morgan fingerprint density at radius 2 is 1.54 bits per heavy atom. The molecule has 7 heteroatoms. The molecule has 2 aromatic carbocycles. The normalized spacial score (nSPS) is 20.4. The second kappa shape index (κ2) is 8.41. The van der Waals surface area contributed by atoms with E-state index in [4.69, 9.17) is 23.7 Å². The van der Waals surface area contributed by atoms with E-state index in [1.54, 1.807) is 31.4 Å². The molecule has 0 unspecified atom stereocenters. The van der Waals surface area contributed by atoms with Gasteiger partial charge in [-0.25, -0.2) is 9.59 Å². The number of ether oxygens (including phenoxy) is 5. The largest absolute Gasteiger partial charge is 0.497 e. The van der Waals surface area contributed by atoms with Gasteiger partial charge in [0.2, 0.25) is 0 Å². The molecule has 0 amide bonds. The lowest BCUT2D eigenvalue weighted by Gasteiger charge is -2.26. The summed E-state index contributed by atoms with van der Waals surface area (Å²) in [5.74, 6) is -1.07. The highest BCUT2D eigenvalue weighted by atomic mass is 16.8. The van der Waals surface area contributed by atoms with Crippen LogP contribution in [-0.2, 0) is 35.0 Å². The standard InChI is InChI=1S/C21H22O7/c1-24-16-11-9-15(10-12-16)18-27-17(13-14-7-5-4-6-8-14)21(28-18,19(22)25-2)20(23)26-3/h4-12,17-18H,13H2,1-3H3/t17-,18-/m0/s1. The number of hydrogen-bond acceptors (Lipinski definition) is 7. The first-order valence-corrected chi connectivity index (χ1v) is 8.73. The summed E-state index contributed by atoms with van der Waals surface area (Å²) in [6.07, 6.45) is -1.61. The van der Waals surface area contributed by atoms with E-state index < -0.39 is 29.9 Å². The lowest BCUT2D eigenvalue weighted by molar-refractivity contribution is -0.188. The van der Waals surface area contributed by atoms with Crippen LogP contribution >= 0.6 is 0 Å². The van der Waals surface area contributed by atoms with Gasteiger partial charge in [-0.2, -0.15) is 0 Å². The van der Waals surface area contributed by atoms with Crippen molar-refractivity contribution in [1.82, 2.24) is 0 Å². The van der Waals surface area contributed by atoms with E-state index in [-0.39, 0.29) is 6.42 Å². The van der Waals surface area contributed by atoms with E-state index in [9.17, 15) is 9.59 Å². The average Bonchev–Trinajstić information content (AvgIpc) is 3.13. The molecule has 28 heavy (non-hydrogen) atoms. The van der Waals surface area contributed by atoms with Crippen LogP contribution in [0.4, 0.5) is 0 Å². The molecule has 0 N–H and O–H groups in total. The molecule has 148 valence electrons. The van der Waals surface area contributed by atoms with Gasteiger partial charge in [0.05, 0.1) is 21.3 Å². The summed E-state index contributed by atoms with van der Waals surface area (Å²) in [4.78, 5) is 25.3. The second-order valence-electron chi connectivity index (χ2n) is 6.26. The molecule has 1 aliphatic rings. The molecule has 1 heterocycles. The monoisotopic (exact) mass is 386 g/mol. The van der Waals surface area contributed by atoms with Crippen LogP contribution in [0.5, 0.6) is 5.75 Å². The number of methoxy groups -OCH3 is 3. The van der Waals surface area contributed by atoms with E-state index in [1.807, 2.05) is 30.3 Å². The maximum Gasteiger partial charge on any atom is 0.353 e. The number of carbonyl (C=O) groups is 2. The summed E-state index contributed by atoms with van der Waals surface area (Å²) in [6, 6.07) is 16.3. The van der Waals surface area contributed by atoms with E-state index in [1.165, 1.54) is 14.2 Å². The quantitative estimate of drug-likeness (QED) is 0.557. The second-order valence-corrected chi connectivity index (χ2v) is 6.26. The highest BCUT2D eigenvalue weighted by Crippen LogP contribution is 2.41. The smallest absolute Gasteiger partial charge is 0.353 e. The van der Waals surface area contributed by atoms with Gasteiger partial charge in [0.15, 0.2) is 6.29 Å². The molecule has 1 fully saturated rings. The minimum Gasteiger partial charge on any atom is -0.497 e. The molecule has 0 aromatic heterocycles. The molecular formula is C21H22O7. The Hall–Kier alpha value is -2.90. The van der Waals surface area contributed by atoms with Crippen LogP contribution in [0.3, 0.4) is 0 Å². The van der Waals surface area contributed by atoms with Gasteiger partial charge in [0.1, 0.15) is 11.9 Å². The zero-order valence-electron chi connectivity index (χ0n) is 15.9. The summed E-state index contributed by atoms with van der Waals surface area (Å²) in [6.45, 7) is 0. The van der Waals surface area contributed by atoms with E-state index in [2.05, 4.69) is 0 Å². The fourth-order valence-corrected chi connectivity index (χ4v) is 3.19. The lowest BCUT2D eigenvalue weighted by Crippen LogP contribution is -2.56. The van der Waals surface area contributed by atoms with Gasteiger partial charge in [0, 0.05) is 12.0 Å². The van der Waals surface area contributed by atoms with Gasteiger partial charge in [-0.1, -0.05) is 42.5 Å². The molecule has 0 radical (unpaired) electrons. The Kier molecular flexibility index (Phi) is 5.96. The van der Waals surface area contributed by atoms with E-state index in [0.29, 0.717) is 11.3 Å². The lowest BCUT2D eigenvalue weighted by atomic mass is 9.91. The molecule has 0 bridgehead atoms. The van der Waals surface area contributed by atoms with Gasteiger partial charge >= 0.3 is 11.9 Å². The van der Waals surface area contributed by atoms with Crippen LogP contribution in [0, 0.1) is 0 Å². The first-order chi connectivity index (χ1) is 13.5. The Bertz CT molecular complexity index is 800. The molecule has 1 aliphatic heterocycles. The van der Waals surface area contributed by atoms with Crippen molar-refractivity contribution >= 4 is 11.9 Å². The molecule has 0 aliphatic carbocycles. The van der Waals surface area contributed by atoms with Crippen LogP contribution in [0.25, 0.3) is 0 Å². The van der Waals surface area contributed by atoms with Crippen LogP contribution in [-0.4, -0.2) is 45.0 Å². The summed E-state index contributed by atoms with van der Waals surface area (Å²) >= 11 is 0. The van der Waals surface area contributed by atoms with Gasteiger partial charge in [-0.3, -0.25) is 0 Å². The van der Waals surface area contributed by atoms with Crippen molar-refractivity contribution in [2.24, 2.45) is 0 Å². The van der Waals surface area contributed by atoms with Crippen molar-refractivity contribution in [1.29, 1.82) is 0 Å². The minimum absolute atomic E-state index is 0.262. The summed E-state index contributed by atoms with van der Waals surface area (Å²) in [7, 11) is 3.94. The number of hydrogen-bond donors (Lipinski definition) is 0.